The SMILES string of the molecule is CN(Cc1cn(-c2ccccc2)nc1-c1ccccc1)C(=O)CCC(=O)c1ccc(F)cc1. The number of carbonyl (C=O) groups excluding carboxylic acids is 2. The summed E-state index contributed by atoms with van der Waals surface area (Å²) in [7, 11) is 1.72. The average molecular weight is 442 g/mol. The van der Waals surface area contributed by atoms with Crippen molar-refractivity contribution in [2.24, 2.45) is 0 Å². The molecule has 0 aliphatic carbocycles. The lowest BCUT2D eigenvalue weighted by molar-refractivity contribution is -0.130. The Kier molecular flexibility index (Phi) is 6.74. The number of halogens is 1. The Labute approximate surface area is 192 Å². The number of ketones is 1. The van der Waals surface area contributed by atoms with Crippen molar-refractivity contribution in [3.05, 3.63) is 108 Å². The molecule has 3 aromatic carbocycles. The van der Waals surface area contributed by atoms with Crippen LogP contribution in [-0.4, -0.2) is 33.4 Å². The predicted octanol–water partition coefficient (Wildman–Crippen LogP) is 5.30. The van der Waals surface area contributed by atoms with Crippen LogP contribution in [0.2, 0.25) is 0 Å². The molecule has 0 bridgehead atoms. The quantitative estimate of drug-likeness (QED) is 0.349. The molecule has 166 valence electrons. The first kappa shape index (κ1) is 22.1. The van der Waals surface area contributed by atoms with E-state index in [1.54, 1.807) is 11.9 Å². The Balaban J connectivity index is 1.48. The van der Waals surface area contributed by atoms with Gasteiger partial charge in [-0.25, -0.2) is 9.07 Å². The average Bonchev–Trinajstić information content (AvgIpc) is 3.27. The topological polar surface area (TPSA) is 55.2 Å². The van der Waals surface area contributed by atoms with Crippen molar-refractivity contribution in [3.63, 3.8) is 0 Å². The molecule has 4 aromatic rings. The minimum absolute atomic E-state index is 0.0730. The molecule has 0 N–H and O–H groups in total. The van der Waals surface area contributed by atoms with Gasteiger partial charge in [-0.05, 0) is 36.4 Å². The zero-order valence-corrected chi connectivity index (χ0v) is 18.3. The van der Waals surface area contributed by atoms with Gasteiger partial charge in [0.1, 0.15) is 5.82 Å². The van der Waals surface area contributed by atoms with Crippen molar-refractivity contribution >= 4 is 11.7 Å². The number of carbonyl (C=O) groups is 2. The fourth-order valence-electron chi connectivity index (χ4n) is 3.61. The molecule has 0 saturated carbocycles. The van der Waals surface area contributed by atoms with E-state index in [-0.39, 0.29) is 24.5 Å². The van der Waals surface area contributed by atoms with Gasteiger partial charge in [0.25, 0.3) is 0 Å². The number of Topliss-reactive ketones (excluding diaryl/α,β-unsaturated/α-hetero) is 1. The summed E-state index contributed by atoms with van der Waals surface area (Å²) in [6.45, 7) is 0.362. The highest BCUT2D eigenvalue weighted by atomic mass is 19.1. The lowest BCUT2D eigenvalue weighted by atomic mass is 10.1. The largest absolute Gasteiger partial charge is 0.341 e. The molecule has 0 aliphatic rings. The van der Waals surface area contributed by atoms with Gasteiger partial charge in [0.2, 0.25) is 5.91 Å². The third-order valence-electron chi connectivity index (χ3n) is 5.42. The molecule has 33 heavy (non-hydrogen) atoms. The number of hydrogen-bond acceptors (Lipinski definition) is 3. The molecular weight excluding hydrogens is 417 g/mol. The van der Waals surface area contributed by atoms with Gasteiger partial charge in [-0.2, -0.15) is 5.10 Å². The fraction of sp³-hybridized carbons (Fsp3) is 0.148. The van der Waals surface area contributed by atoms with Crippen molar-refractivity contribution in [2.75, 3.05) is 7.05 Å². The van der Waals surface area contributed by atoms with Gasteiger partial charge in [0, 0.05) is 49.3 Å². The van der Waals surface area contributed by atoms with Gasteiger partial charge >= 0.3 is 0 Å². The number of amides is 1. The Morgan fingerprint density at radius 1 is 0.879 bits per heavy atom. The van der Waals surface area contributed by atoms with Gasteiger partial charge < -0.3 is 4.90 Å². The fourth-order valence-corrected chi connectivity index (χ4v) is 3.61. The lowest BCUT2D eigenvalue weighted by Crippen LogP contribution is -2.26. The summed E-state index contributed by atoms with van der Waals surface area (Å²) in [5.41, 5.74) is 4.02. The number of benzene rings is 3. The number of aromatic nitrogens is 2. The van der Waals surface area contributed by atoms with Crippen LogP contribution in [0.5, 0.6) is 0 Å². The highest BCUT2D eigenvalue weighted by Gasteiger charge is 2.18. The monoisotopic (exact) mass is 441 g/mol. The van der Waals surface area contributed by atoms with E-state index >= 15 is 0 Å². The number of hydrogen-bond donors (Lipinski definition) is 0. The minimum atomic E-state index is -0.396. The van der Waals surface area contributed by atoms with Gasteiger partial charge in [-0.3, -0.25) is 9.59 Å². The van der Waals surface area contributed by atoms with Crippen molar-refractivity contribution in [2.45, 2.75) is 19.4 Å². The molecule has 0 unspecified atom stereocenters. The summed E-state index contributed by atoms with van der Waals surface area (Å²) in [5, 5.41) is 4.78. The second-order valence-corrected chi connectivity index (χ2v) is 7.83. The molecule has 0 radical (unpaired) electrons. The molecule has 1 amide bonds. The van der Waals surface area contributed by atoms with Gasteiger partial charge in [-0.1, -0.05) is 48.5 Å². The third kappa shape index (κ3) is 5.41. The van der Waals surface area contributed by atoms with Crippen LogP contribution in [0.4, 0.5) is 4.39 Å². The summed E-state index contributed by atoms with van der Waals surface area (Å²) < 4.78 is 14.9. The van der Waals surface area contributed by atoms with Crippen molar-refractivity contribution in [3.8, 4) is 16.9 Å². The van der Waals surface area contributed by atoms with Gasteiger partial charge in [-0.15, -0.1) is 0 Å². The Morgan fingerprint density at radius 3 is 2.18 bits per heavy atom. The number of para-hydroxylation sites is 1. The molecule has 0 spiro atoms. The summed E-state index contributed by atoms with van der Waals surface area (Å²) in [6, 6.07) is 25.0. The summed E-state index contributed by atoms with van der Waals surface area (Å²) in [4.78, 5) is 26.7. The van der Waals surface area contributed by atoms with E-state index in [1.807, 2.05) is 71.5 Å². The van der Waals surface area contributed by atoms with Crippen LogP contribution in [0.25, 0.3) is 16.9 Å². The predicted molar refractivity (Wildman–Crippen MR) is 125 cm³/mol. The van der Waals surface area contributed by atoms with E-state index in [0.29, 0.717) is 12.1 Å². The normalized spacial score (nSPS) is 10.7. The number of rotatable bonds is 8. The van der Waals surface area contributed by atoms with Gasteiger partial charge in [0.05, 0.1) is 11.4 Å². The van der Waals surface area contributed by atoms with Crippen LogP contribution in [0, 0.1) is 5.82 Å². The second kappa shape index (κ2) is 10.0. The molecule has 0 atom stereocenters. The molecule has 0 saturated heterocycles. The van der Waals surface area contributed by atoms with Crippen molar-refractivity contribution in [1.29, 1.82) is 0 Å². The van der Waals surface area contributed by atoms with Crippen LogP contribution in [0.1, 0.15) is 28.8 Å². The summed E-state index contributed by atoms with van der Waals surface area (Å²) >= 11 is 0. The minimum Gasteiger partial charge on any atom is -0.341 e. The van der Waals surface area contributed by atoms with Crippen LogP contribution in [-0.2, 0) is 11.3 Å². The zero-order valence-electron chi connectivity index (χ0n) is 18.3. The maximum absolute atomic E-state index is 13.1. The molecule has 0 aliphatic heterocycles. The molecular formula is C27H24FN3O2. The Morgan fingerprint density at radius 2 is 1.52 bits per heavy atom. The van der Waals surface area contributed by atoms with Crippen LogP contribution in [0.15, 0.2) is 91.1 Å². The van der Waals surface area contributed by atoms with E-state index in [4.69, 9.17) is 5.10 Å². The van der Waals surface area contributed by atoms with Gasteiger partial charge in [0.15, 0.2) is 5.78 Å². The standard InChI is InChI=1S/C27H24FN3O2/c1-30(26(33)17-16-25(32)20-12-14-23(28)15-13-20)18-22-19-31(24-10-6-3-7-11-24)29-27(22)21-8-4-2-5-9-21/h2-15,19H,16-18H2,1H3. The highest BCUT2D eigenvalue weighted by molar-refractivity contribution is 5.97. The van der Waals surface area contributed by atoms with E-state index in [2.05, 4.69) is 0 Å². The highest BCUT2D eigenvalue weighted by Crippen LogP contribution is 2.25. The third-order valence-corrected chi connectivity index (χ3v) is 5.42. The van der Waals surface area contributed by atoms with Crippen LogP contribution >= 0.6 is 0 Å². The first-order valence-corrected chi connectivity index (χ1v) is 10.7. The maximum Gasteiger partial charge on any atom is 0.223 e. The molecule has 1 aromatic heterocycles. The van der Waals surface area contributed by atoms with E-state index in [1.165, 1.54) is 24.3 Å². The lowest BCUT2D eigenvalue weighted by Gasteiger charge is -2.17. The molecule has 4 rings (SSSR count). The zero-order chi connectivity index (χ0) is 23.2. The first-order chi connectivity index (χ1) is 16.0. The molecule has 5 nitrogen and oxygen atoms in total. The van der Waals surface area contributed by atoms with Crippen molar-refractivity contribution < 1.29 is 14.0 Å². The van der Waals surface area contributed by atoms with E-state index in [9.17, 15) is 14.0 Å². The summed E-state index contributed by atoms with van der Waals surface area (Å²) in [5.74, 6) is -0.719. The second-order valence-electron chi connectivity index (χ2n) is 7.83. The number of nitrogens with zero attached hydrogens (tertiary/aromatic N) is 3. The Hall–Kier alpha value is -4.06. The van der Waals surface area contributed by atoms with Crippen molar-refractivity contribution in [1.82, 2.24) is 14.7 Å². The van der Waals surface area contributed by atoms with Crippen LogP contribution in [0.3, 0.4) is 0 Å². The Bertz CT molecular complexity index is 1240. The summed E-state index contributed by atoms with van der Waals surface area (Å²) in [6.07, 6.45) is 2.09. The molecule has 0 fully saturated rings. The molecule has 1 heterocycles. The maximum atomic E-state index is 13.1. The molecule has 6 heteroatoms. The van der Waals surface area contributed by atoms with E-state index < -0.39 is 5.82 Å². The smallest absolute Gasteiger partial charge is 0.223 e. The van der Waals surface area contributed by atoms with Crippen LogP contribution < -0.4 is 0 Å². The first-order valence-electron chi connectivity index (χ1n) is 10.7. The van der Waals surface area contributed by atoms with E-state index in [0.717, 1.165) is 22.5 Å².